The normalized spacial score (nSPS) is 11.2. The number of hydrogen-bond acceptors (Lipinski definition) is 2. The average Bonchev–Trinajstić information content (AvgIpc) is 2.01. The zero-order valence-corrected chi connectivity index (χ0v) is 10.00. The summed E-state index contributed by atoms with van der Waals surface area (Å²) in [4.78, 5) is 24.9. The van der Waals surface area contributed by atoms with E-state index in [4.69, 9.17) is 0 Å². The number of amides is 1. The van der Waals surface area contributed by atoms with E-state index in [-0.39, 0.29) is 29.7 Å². The Labute approximate surface area is 86.5 Å². The van der Waals surface area contributed by atoms with Gasteiger partial charge in [-0.1, -0.05) is 13.8 Å². The predicted molar refractivity (Wildman–Crippen MR) is 57.0 cm³/mol. The number of carbonyl (C=O) groups excluding carboxylic acids is 2. The smallest absolute Gasteiger partial charge is 0.290 e. The van der Waals surface area contributed by atoms with E-state index < -0.39 is 0 Å². The van der Waals surface area contributed by atoms with E-state index in [1.54, 1.807) is 18.7 Å². The van der Waals surface area contributed by atoms with Crippen molar-refractivity contribution in [2.45, 2.75) is 53.6 Å². The van der Waals surface area contributed by atoms with E-state index >= 15 is 0 Å². The van der Waals surface area contributed by atoms with Gasteiger partial charge in [0.05, 0.1) is 0 Å². The first-order chi connectivity index (χ1) is 6.29. The molecule has 0 aliphatic carbocycles. The highest BCUT2D eigenvalue weighted by atomic mass is 16.2. The van der Waals surface area contributed by atoms with Gasteiger partial charge >= 0.3 is 0 Å². The molecule has 0 aromatic carbocycles. The number of rotatable bonds is 4. The van der Waals surface area contributed by atoms with Crippen LogP contribution in [0.1, 0.15) is 41.5 Å². The molecule has 0 aliphatic rings. The molecule has 1 amide bonds. The third-order valence-corrected chi connectivity index (χ3v) is 2.08. The van der Waals surface area contributed by atoms with Crippen molar-refractivity contribution in [2.75, 3.05) is 0 Å². The van der Waals surface area contributed by atoms with Crippen LogP contribution in [0, 0.1) is 5.92 Å². The van der Waals surface area contributed by atoms with Gasteiger partial charge in [-0.3, -0.25) is 9.59 Å². The fourth-order valence-electron chi connectivity index (χ4n) is 1.44. The highest BCUT2D eigenvalue weighted by molar-refractivity contribution is 6.36. The molecule has 0 aromatic heterocycles. The molecular weight excluding hydrogens is 178 g/mol. The van der Waals surface area contributed by atoms with Crippen LogP contribution in [0.5, 0.6) is 0 Å². The molecule has 3 nitrogen and oxygen atoms in total. The summed E-state index contributed by atoms with van der Waals surface area (Å²) < 4.78 is 0. The molecule has 0 fully saturated rings. The Kier molecular flexibility index (Phi) is 4.81. The van der Waals surface area contributed by atoms with Crippen molar-refractivity contribution in [3.8, 4) is 0 Å². The molecule has 0 atom stereocenters. The zero-order valence-electron chi connectivity index (χ0n) is 10.00. The highest BCUT2D eigenvalue weighted by Crippen LogP contribution is 2.08. The van der Waals surface area contributed by atoms with Crippen molar-refractivity contribution in [1.82, 2.24) is 4.90 Å². The Bertz CT molecular complexity index is 211. The predicted octanol–water partition coefficient (Wildman–Crippen LogP) is 1.86. The minimum atomic E-state index is -0.356. The summed E-state index contributed by atoms with van der Waals surface area (Å²) in [6.45, 7) is 11.2. The van der Waals surface area contributed by atoms with Gasteiger partial charge < -0.3 is 4.90 Å². The average molecular weight is 199 g/mol. The van der Waals surface area contributed by atoms with Crippen LogP contribution in [0.3, 0.4) is 0 Å². The number of Topliss-reactive ketones (excluding diaryl/α,β-unsaturated/α-hetero) is 1. The first-order valence-electron chi connectivity index (χ1n) is 5.15. The second kappa shape index (κ2) is 5.13. The van der Waals surface area contributed by atoms with Crippen LogP contribution in [-0.2, 0) is 9.59 Å². The minimum Gasteiger partial charge on any atom is -0.331 e. The topological polar surface area (TPSA) is 37.4 Å². The third-order valence-electron chi connectivity index (χ3n) is 2.08. The maximum Gasteiger partial charge on any atom is 0.290 e. The van der Waals surface area contributed by atoms with Crippen LogP contribution in [0.15, 0.2) is 0 Å². The van der Waals surface area contributed by atoms with Crippen LogP contribution < -0.4 is 0 Å². The van der Waals surface area contributed by atoms with Crippen LogP contribution in [-0.4, -0.2) is 28.7 Å². The molecule has 0 aliphatic heterocycles. The SMILES string of the molecule is CC(C)C(=O)C(=O)N(C(C)C)C(C)C. The van der Waals surface area contributed by atoms with Crippen molar-refractivity contribution in [3.63, 3.8) is 0 Å². The van der Waals surface area contributed by atoms with E-state index in [2.05, 4.69) is 0 Å². The number of ketones is 1. The van der Waals surface area contributed by atoms with Crippen molar-refractivity contribution >= 4 is 11.7 Å². The molecule has 0 N–H and O–H groups in total. The van der Waals surface area contributed by atoms with E-state index in [9.17, 15) is 9.59 Å². The Morgan fingerprint density at radius 2 is 1.21 bits per heavy atom. The third kappa shape index (κ3) is 3.13. The molecule has 0 saturated carbocycles. The molecule has 0 unspecified atom stereocenters. The summed E-state index contributed by atoms with van der Waals surface area (Å²) in [5.41, 5.74) is 0. The van der Waals surface area contributed by atoms with Crippen molar-refractivity contribution in [1.29, 1.82) is 0 Å². The second-order valence-corrected chi connectivity index (χ2v) is 4.42. The lowest BCUT2D eigenvalue weighted by Crippen LogP contribution is -2.46. The fraction of sp³-hybridized carbons (Fsp3) is 0.818. The standard InChI is InChI=1S/C11H21NO2/c1-7(2)10(13)11(14)12(8(3)4)9(5)6/h7-9H,1-6H3. The second-order valence-electron chi connectivity index (χ2n) is 4.42. The molecule has 0 heterocycles. The molecule has 0 radical (unpaired) electrons. The summed E-state index contributed by atoms with van der Waals surface area (Å²) in [6.07, 6.45) is 0. The number of nitrogens with zero attached hydrogens (tertiary/aromatic N) is 1. The van der Waals surface area contributed by atoms with Gasteiger partial charge in [-0.05, 0) is 27.7 Å². The molecule has 14 heavy (non-hydrogen) atoms. The molecule has 0 bridgehead atoms. The fourth-order valence-corrected chi connectivity index (χ4v) is 1.44. The first kappa shape index (κ1) is 13.1. The number of carbonyl (C=O) groups is 2. The van der Waals surface area contributed by atoms with Gasteiger partial charge in [-0.25, -0.2) is 0 Å². The van der Waals surface area contributed by atoms with E-state index in [1.807, 2.05) is 27.7 Å². The Morgan fingerprint density at radius 1 is 0.857 bits per heavy atom. The van der Waals surface area contributed by atoms with Crippen molar-refractivity contribution in [2.24, 2.45) is 5.92 Å². The summed E-state index contributed by atoms with van der Waals surface area (Å²) >= 11 is 0. The summed E-state index contributed by atoms with van der Waals surface area (Å²) in [7, 11) is 0. The Morgan fingerprint density at radius 3 is 1.43 bits per heavy atom. The molecule has 0 spiro atoms. The minimum absolute atomic E-state index is 0.0743. The van der Waals surface area contributed by atoms with Gasteiger partial charge in [0.1, 0.15) is 0 Å². The molecule has 3 heteroatoms. The highest BCUT2D eigenvalue weighted by Gasteiger charge is 2.27. The largest absolute Gasteiger partial charge is 0.331 e. The van der Waals surface area contributed by atoms with Crippen LogP contribution in [0.4, 0.5) is 0 Å². The van der Waals surface area contributed by atoms with Crippen LogP contribution >= 0.6 is 0 Å². The van der Waals surface area contributed by atoms with Gasteiger partial charge in [-0.15, -0.1) is 0 Å². The molecular formula is C11H21NO2. The quantitative estimate of drug-likeness (QED) is 0.648. The van der Waals surface area contributed by atoms with Crippen LogP contribution in [0.2, 0.25) is 0 Å². The van der Waals surface area contributed by atoms with Gasteiger partial charge in [0.15, 0.2) is 0 Å². The molecule has 82 valence electrons. The van der Waals surface area contributed by atoms with Crippen molar-refractivity contribution in [3.05, 3.63) is 0 Å². The van der Waals surface area contributed by atoms with Gasteiger partial charge in [0, 0.05) is 18.0 Å². The maximum atomic E-state index is 11.7. The molecule has 0 rings (SSSR count). The van der Waals surface area contributed by atoms with Gasteiger partial charge in [0.25, 0.3) is 5.91 Å². The summed E-state index contributed by atoms with van der Waals surface area (Å²) in [6, 6.07) is 0.149. The summed E-state index contributed by atoms with van der Waals surface area (Å²) in [5, 5.41) is 0. The maximum absolute atomic E-state index is 11.7. The molecule has 0 aromatic rings. The van der Waals surface area contributed by atoms with Crippen LogP contribution in [0.25, 0.3) is 0 Å². The lowest BCUT2D eigenvalue weighted by atomic mass is 10.1. The van der Waals surface area contributed by atoms with E-state index in [0.717, 1.165) is 0 Å². The van der Waals surface area contributed by atoms with Gasteiger partial charge in [0.2, 0.25) is 5.78 Å². The van der Waals surface area contributed by atoms with E-state index in [1.165, 1.54) is 0 Å². The van der Waals surface area contributed by atoms with Crippen molar-refractivity contribution < 1.29 is 9.59 Å². The number of hydrogen-bond donors (Lipinski definition) is 0. The zero-order chi connectivity index (χ0) is 11.5. The lowest BCUT2D eigenvalue weighted by molar-refractivity contribution is -0.148. The first-order valence-corrected chi connectivity index (χ1v) is 5.15. The lowest BCUT2D eigenvalue weighted by Gasteiger charge is -2.30. The van der Waals surface area contributed by atoms with E-state index in [0.29, 0.717) is 0 Å². The Hall–Kier alpha value is -0.860. The van der Waals surface area contributed by atoms with Gasteiger partial charge in [-0.2, -0.15) is 0 Å². The monoisotopic (exact) mass is 199 g/mol. The Balaban J connectivity index is 4.70. The molecule has 0 saturated heterocycles. The summed E-state index contributed by atoms with van der Waals surface area (Å²) in [5.74, 6) is -0.875.